The Bertz CT molecular complexity index is 582. The van der Waals surface area contributed by atoms with Crippen molar-refractivity contribution in [2.24, 2.45) is 0 Å². The number of hydrogen-bond acceptors (Lipinski definition) is 4. The lowest BCUT2D eigenvalue weighted by atomic mass is 10.2. The first-order valence-corrected chi connectivity index (χ1v) is 6.41. The minimum atomic E-state index is -0.394. The molecule has 0 aliphatic heterocycles. The predicted molar refractivity (Wildman–Crippen MR) is 77.0 cm³/mol. The van der Waals surface area contributed by atoms with Crippen LogP contribution in [0.3, 0.4) is 0 Å². The molecule has 0 spiro atoms. The van der Waals surface area contributed by atoms with E-state index in [1.165, 1.54) is 6.07 Å². The third-order valence-electron chi connectivity index (χ3n) is 2.39. The topological polar surface area (TPSA) is 73.0 Å². The van der Waals surface area contributed by atoms with Gasteiger partial charge in [0.05, 0.1) is 16.8 Å². The molecule has 94 valence electrons. The first kappa shape index (κ1) is 12.8. The Balaban J connectivity index is 2.30. The minimum Gasteiger partial charge on any atom is -0.347 e. The lowest BCUT2D eigenvalue weighted by molar-refractivity contribution is -0.384. The average molecular weight is 358 g/mol. The lowest BCUT2D eigenvalue weighted by Gasteiger charge is -2.04. The number of nitro groups is 1. The van der Waals surface area contributed by atoms with Gasteiger partial charge in [-0.3, -0.25) is 14.8 Å². The maximum absolute atomic E-state index is 11.0. The first-order chi connectivity index (χ1) is 8.60. The van der Waals surface area contributed by atoms with Crippen molar-refractivity contribution in [3.05, 3.63) is 44.3 Å². The number of anilines is 2. The fourth-order valence-corrected chi connectivity index (χ4v) is 1.99. The molecular weight excluding hydrogens is 347 g/mol. The van der Waals surface area contributed by atoms with E-state index in [2.05, 4.69) is 10.4 Å². The Hall–Kier alpha value is -1.64. The molecule has 1 N–H and O–H groups in total. The SMILES string of the molecule is CCn1cc(Nc2ccc(I)cc2[N+](=O)[O-])cn1. The number of nitro benzene ring substituents is 1. The molecule has 1 aromatic heterocycles. The smallest absolute Gasteiger partial charge is 0.293 e. The van der Waals surface area contributed by atoms with Gasteiger partial charge in [0.2, 0.25) is 0 Å². The van der Waals surface area contributed by atoms with Gasteiger partial charge in [-0.1, -0.05) is 0 Å². The van der Waals surface area contributed by atoms with Crippen molar-refractivity contribution in [3.8, 4) is 0 Å². The Morgan fingerprint density at radius 2 is 2.33 bits per heavy atom. The number of rotatable bonds is 4. The molecular formula is C11H11IN4O2. The van der Waals surface area contributed by atoms with Gasteiger partial charge < -0.3 is 5.32 Å². The zero-order valence-electron chi connectivity index (χ0n) is 9.63. The molecule has 0 unspecified atom stereocenters. The normalized spacial score (nSPS) is 10.3. The van der Waals surface area contributed by atoms with Gasteiger partial charge in [0, 0.05) is 22.4 Å². The number of aromatic nitrogens is 2. The van der Waals surface area contributed by atoms with Crippen molar-refractivity contribution < 1.29 is 4.92 Å². The summed E-state index contributed by atoms with van der Waals surface area (Å²) in [5.74, 6) is 0. The second kappa shape index (κ2) is 5.34. The molecule has 0 bridgehead atoms. The zero-order valence-corrected chi connectivity index (χ0v) is 11.8. The van der Waals surface area contributed by atoms with Crippen LogP contribution in [0.1, 0.15) is 6.92 Å². The van der Waals surface area contributed by atoms with Crippen LogP contribution in [-0.2, 0) is 6.54 Å². The summed E-state index contributed by atoms with van der Waals surface area (Å²) >= 11 is 2.05. The number of nitrogens with zero attached hydrogens (tertiary/aromatic N) is 3. The van der Waals surface area contributed by atoms with E-state index in [0.29, 0.717) is 5.69 Å². The van der Waals surface area contributed by atoms with Gasteiger partial charge in [-0.15, -0.1) is 0 Å². The predicted octanol–water partition coefficient (Wildman–Crippen LogP) is 3.16. The fourth-order valence-electron chi connectivity index (χ4n) is 1.52. The molecule has 0 aliphatic rings. The van der Waals surface area contributed by atoms with Gasteiger partial charge >= 0.3 is 0 Å². The fraction of sp³-hybridized carbons (Fsp3) is 0.182. The molecule has 0 fully saturated rings. The van der Waals surface area contributed by atoms with Crippen LogP contribution in [0.25, 0.3) is 0 Å². The van der Waals surface area contributed by atoms with Crippen molar-refractivity contribution in [2.75, 3.05) is 5.32 Å². The number of aryl methyl sites for hydroxylation is 1. The molecule has 18 heavy (non-hydrogen) atoms. The van der Waals surface area contributed by atoms with Gasteiger partial charge in [-0.25, -0.2) is 0 Å². The van der Waals surface area contributed by atoms with Crippen molar-refractivity contribution in [1.29, 1.82) is 0 Å². The van der Waals surface area contributed by atoms with Gasteiger partial charge in [0.25, 0.3) is 5.69 Å². The van der Waals surface area contributed by atoms with E-state index in [-0.39, 0.29) is 5.69 Å². The zero-order chi connectivity index (χ0) is 13.1. The quantitative estimate of drug-likeness (QED) is 0.518. The summed E-state index contributed by atoms with van der Waals surface area (Å²) in [5, 5.41) is 18.1. The van der Waals surface area contributed by atoms with Gasteiger partial charge in [-0.2, -0.15) is 5.10 Å². The Labute approximate surface area is 117 Å². The van der Waals surface area contributed by atoms with Crippen LogP contribution < -0.4 is 5.32 Å². The molecule has 1 heterocycles. The highest BCUT2D eigenvalue weighted by Crippen LogP contribution is 2.28. The van der Waals surface area contributed by atoms with E-state index >= 15 is 0 Å². The third kappa shape index (κ3) is 2.78. The van der Waals surface area contributed by atoms with Crippen LogP contribution in [0.2, 0.25) is 0 Å². The second-order valence-electron chi connectivity index (χ2n) is 3.63. The average Bonchev–Trinajstić information content (AvgIpc) is 2.79. The monoisotopic (exact) mass is 358 g/mol. The van der Waals surface area contributed by atoms with Crippen molar-refractivity contribution >= 4 is 39.7 Å². The molecule has 0 saturated carbocycles. The molecule has 0 atom stereocenters. The van der Waals surface area contributed by atoms with Crippen LogP contribution in [0.15, 0.2) is 30.6 Å². The van der Waals surface area contributed by atoms with Gasteiger partial charge in [0.15, 0.2) is 0 Å². The molecule has 7 heteroatoms. The number of nitrogens with one attached hydrogen (secondary N) is 1. The molecule has 0 radical (unpaired) electrons. The lowest BCUT2D eigenvalue weighted by Crippen LogP contribution is -1.97. The molecule has 0 aliphatic carbocycles. The summed E-state index contributed by atoms with van der Waals surface area (Å²) in [6.07, 6.45) is 3.45. The molecule has 0 amide bonds. The van der Waals surface area contributed by atoms with Crippen LogP contribution in [0.5, 0.6) is 0 Å². The summed E-state index contributed by atoms with van der Waals surface area (Å²) in [6, 6.07) is 5.05. The van der Waals surface area contributed by atoms with E-state index in [4.69, 9.17) is 0 Å². The summed E-state index contributed by atoms with van der Waals surface area (Å²) in [6.45, 7) is 2.74. The van der Waals surface area contributed by atoms with E-state index in [0.717, 1.165) is 15.8 Å². The van der Waals surface area contributed by atoms with Crippen LogP contribution in [-0.4, -0.2) is 14.7 Å². The molecule has 2 rings (SSSR count). The van der Waals surface area contributed by atoms with E-state index in [9.17, 15) is 10.1 Å². The Kier molecular flexibility index (Phi) is 3.80. The maximum atomic E-state index is 11.0. The second-order valence-corrected chi connectivity index (χ2v) is 4.87. The van der Waals surface area contributed by atoms with E-state index in [1.54, 1.807) is 16.9 Å². The Morgan fingerprint density at radius 1 is 1.56 bits per heavy atom. The minimum absolute atomic E-state index is 0.0612. The largest absolute Gasteiger partial charge is 0.347 e. The van der Waals surface area contributed by atoms with Crippen LogP contribution in [0.4, 0.5) is 17.1 Å². The van der Waals surface area contributed by atoms with Crippen LogP contribution >= 0.6 is 22.6 Å². The number of hydrogen-bond donors (Lipinski definition) is 1. The molecule has 2 aromatic rings. The number of halogens is 1. The first-order valence-electron chi connectivity index (χ1n) is 5.33. The summed E-state index contributed by atoms with van der Waals surface area (Å²) in [7, 11) is 0. The third-order valence-corrected chi connectivity index (χ3v) is 3.06. The highest BCUT2D eigenvalue weighted by molar-refractivity contribution is 14.1. The van der Waals surface area contributed by atoms with Crippen molar-refractivity contribution in [2.45, 2.75) is 13.5 Å². The Morgan fingerprint density at radius 3 is 2.94 bits per heavy atom. The van der Waals surface area contributed by atoms with Gasteiger partial charge in [0.1, 0.15) is 5.69 Å². The maximum Gasteiger partial charge on any atom is 0.293 e. The molecule has 6 nitrogen and oxygen atoms in total. The summed E-state index contributed by atoms with van der Waals surface area (Å²) in [5.41, 5.74) is 1.27. The molecule has 1 aromatic carbocycles. The standard InChI is InChI=1S/C11H11IN4O2/c1-2-15-7-9(6-13-15)14-10-4-3-8(12)5-11(10)16(17)18/h3-7,14H,2H2,1H3. The highest BCUT2D eigenvalue weighted by atomic mass is 127. The van der Waals surface area contributed by atoms with Crippen LogP contribution in [0, 0.1) is 13.7 Å². The van der Waals surface area contributed by atoms with Crippen molar-refractivity contribution in [3.63, 3.8) is 0 Å². The highest BCUT2D eigenvalue weighted by Gasteiger charge is 2.14. The summed E-state index contributed by atoms with van der Waals surface area (Å²) in [4.78, 5) is 10.6. The van der Waals surface area contributed by atoms with E-state index < -0.39 is 4.92 Å². The van der Waals surface area contributed by atoms with Crippen molar-refractivity contribution in [1.82, 2.24) is 9.78 Å². The van der Waals surface area contributed by atoms with Gasteiger partial charge in [-0.05, 0) is 41.6 Å². The summed E-state index contributed by atoms with van der Waals surface area (Å²) < 4.78 is 2.58. The van der Waals surface area contributed by atoms with E-state index in [1.807, 2.05) is 41.8 Å². The molecule has 0 saturated heterocycles. The number of benzene rings is 1.